The number of carbonyl (C=O) groups excluding carboxylic acids is 1. The second-order valence-electron chi connectivity index (χ2n) is 6.24. The highest BCUT2D eigenvalue weighted by Gasteiger charge is 2.36. The van der Waals surface area contributed by atoms with E-state index in [4.69, 9.17) is 0 Å². The lowest BCUT2D eigenvalue weighted by Crippen LogP contribution is -2.46. The van der Waals surface area contributed by atoms with E-state index in [2.05, 4.69) is 0 Å². The Bertz CT molecular complexity index is 746. The molecule has 1 aliphatic heterocycles. The summed E-state index contributed by atoms with van der Waals surface area (Å²) in [7, 11) is -4.09. The number of carbonyl (C=O) groups is 1. The Balaban J connectivity index is 2.25. The lowest BCUT2D eigenvalue weighted by atomic mass is 9.98. The number of alkyl halides is 3. The number of sulfonamides is 1. The summed E-state index contributed by atoms with van der Waals surface area (Å²) in [5.74, 6) is -0.580. The summed E-state index contributed by atoms with van der Waals surface area (Å²) < 4.78 is 65.3. The zero-order valence-electron chi connectivity index (χ0n) is 14.8. The Morgan fingerprint density at radius 2 is 1.92 bits per heavy atom. The Morgan fingerprint density at radius 1 is 1.27 bits per heavy atom. The Labute approximate surface area is 151 Å². The lowest BCUT2D eigenvalue weighted by Gasteiger charge is -2.33. The first-order chi connectivity index (χ1) is 12.1. The number of amides is 1. The van der Waals surface area contributed by atoms with Crippen LogP contribution < -0.4 is 0 Å². The average Bonchev–Trinajstić information content (AvgIpc) is 2.62. The molecule has 26 heavy (non-hydrogen) atoms. The molecule has 1 saturated heterocycles. The van der Waals surface area contributed by atoms with Crippen molar-refractivity contribution in [1.29, 1.82) is 0 Å². The van der Waals surface area contributed by atoms with Crippen molar-refractivity contribution >= 4 is 15.9 Å². The molecule has 2 rings (SSSR count). The van der Waals surface area contributed by atoms with Gasteiger partial charge in [-0.3, -0.25) is 4.79 Å². The molecular weight excluding hydrogens is 369 g/mol. The molecule has 1 fully saturated rings. The first-order valence-electron chi connectivity index (χ1n) is 8.57. The Kier molecular flexibility index (Phi) is 6.33. The highest BCUT2D eigenvalue weighted by Crippen LogP contribution is 2.32. The smallest absolute Gasteiger partial charge is 0.343 e. The SMILES string of the molecule is CCN(CC)C(=O)C1CCCN(S(=O)(=O)c2cccc(C(F)(F)F)c2)C1. The first kappa shape index (κ1) is 20.7. The second kappa shape index (κ2) is 7.96. The molecule has 1 heterocycles. The van der Waals surface area contributed by atoms with Crippen LogP contribution in [0.2, 0.25) is 0 Å². The molecule has 1 aromatic rings. The maximum Gasteiger partial charge on any atom is 0.416 e. The number of nitrogens with zero attached hydrogens (tertiary/aromatic N) is 2. The van der Waals surface area contributed by atoms with Crippen LogP contribution >= 0.6 is 0 Å². The quantitative estimate of drug-likeness (QED) is 0.774. The molecule has 1 aromatic carbocycles. The predicted molar refractivity (Wildman–Crippen MR) is 90.9 cm³/mol. The topological polar surface area (TPSA) is 57.7 Å². The third kappa shape index (κ3) is 4.37. The van der Waals surface area contributed by atoms with Crippen molar-refractivity contribution in [3.63, 3.8) is 0 Å². The molecule has 5 nitrogen and oxygen atoms in total. The van der Waals surface area contributed by atoms with Crippen LogP contribution in [-0.2, 0) is 21.0 Å². The molecule has 0 bridgehead atoms. The summed E-state index contributed by atoms with van der Waals surface area (Å²) in [6.07, 6.45) is -3.55. The van der Waals surface area contributed by atoms with Crippen molar-refractivity contribution in [3.05, 3.63) is 29.8 Å². The standard InChI is InChI=1S/C17H23F3N2O3S/c1-3-21(4-2)16(23)13-7-6-10-22(12-13)26(24,25)15-9-5-8-14(11-15)17(18,19)20/h5,8-9,11,13H,3-4,6-7,10,12H2,1-2H3. The van der Waals surface area contributed by atoms with Gasteiger partial charge in [0.15, 0.2) is 0 Å². The Hall–Kier alpha value is -1.61. The van der Waals surface area contributed by atoms with Gasteiger partial charge in [-0.2, -0.15) is 17.5 Å². The van der Waals surface area contributed by atoms with Gasteiger partial charge in [-0.1, -0.05) is 6.07 Å². The summed E-state index contributed by atoms with van der Waals surface area (Å²) in [5.41, 5.74) is -1.01. The van der Waals surface area contributed by atoms with Crippen LogP contribution in [0.25, 0.3) is 0 Å². The van der Waals surface area contributed by atoms with Gasteiger partial charge in [0, 0.05) is 26.2 Å². The third-order valence-electron chi connectivity index (χ3n) is 4.61. The zero-order valence-corrected chi connectivity index (χ0v) is 15.6. The van der Waals surface area contributed by atoms with E-state index in [0.29, 0.717) is 32.0 Å². The van der Waals surface area contributed by atoms with Gasteiger partial charge in [-0.15, -0.1) is 0 Å². The van der Waals surface area contributed by atoms with Crippen molar-refractivity contribution < 1.29 is 26.4 Å². The molecule has 1 atom stereocenters. The molecule has 0 aromatic heterocycles. The number of piperidine rings is 1. The van der Waals surface area contributed by atoms with Gasteiger partial charge < -0.3 is 4.90 Å². The lowest BCUT2D eigenvalue weighted by molar-refractivity contribution is -0.138. The molecular formula is C17H23F3N2O3S. The highest BCUT2D eigenvalue weighted by molar-refractivity contribution is 7.89. The minimum atomic E-state index is -4.62. The van der Waals surface area contributed by atoms with E-state index >= 15 is 0 Å². The minimum Gasteiger partial charge on any atom is -0.343 e. The average molecular weight is 392 g/mol. The van der Waals surface area contributed by atoms with E-state index in [0.717, 1.165) is 22.5 Å². The number of halogens is 3. The summed E-state index contributed by atoms with van der Waals surface area (Å²) >= 11 is 0. The van der Waals surface area contributed by atoms with Crippen molar-refractivity contribution in [2.24, 2.45) is 5.92 Å². The molecule has 0 saturated carbocycles. The van der Waals surface area contributed by atoms with Crippen molar-refractivity contribution in [2.45, 2.75) is 37.8 Å². The van der Waals surface area contributed by atoms with Crippen LogP contribution in [0.3, 0.4) is 0 Å². The summed E-state index contributed by atoms with van der Waals surface area (Å²) in [6, 6.07) is 3.71. The molecule has 0 aliphatic carbocycles. The third-order valence-corrected chi connectivity index (χ3v) is 6.47. The molecule has 9 heteroatoms. The molecule has 0 spiro atoms. The summed E-state index contributed by atoms with van der Waals surface area (Å²) in [6.45, 7) is 4.95. The van der Waals surface area contributed by atoms with Gasteiger partial charge in [-0.05, 0) is 44.9 Å². The number of hydrogen-bond acceptors (Lipinski definition) is 3. The van der Waals surface area contributed by atoms with Gasteiger partial charge in [0.1, 0.15) is 0 Å². The second-order valence-corrected chi connectivity index (χ2v) is 8.18. The van der Waals surface area contributed by atoms with Crippen LogP contribution in [0.15, 0.2) is 29.2 Å². The fourth-order valence-electron chi connectivity index (χ4n) is 3.14. The molecule has 0 N–H and O–H groups in total. The minimum absolute atomic E-state index is 0.00604. The largest absolute Gasteiger partial charge is 0.416 e. The number of rotatable bonds is 5. The number of hydrogen-bond donors (Lipinski definition) is 0. The van der Waals surface area contributed by atoms with Gasteiger partial charge in [-0.25, -0.2) is 8.42 Å². The molecule has 1 unspecified atom stereocenters. The first-order valence-corrected chi connectivity index (χ1v) is 10.0. The van der Waals surface area contributed by atoms with Crippen LogP contribution in [-0.4, -0.2) is 49.7 Å². The molecule has 1 amide bonds. The van der Waals surface area contributed by atoms with E-state index < -0.39 is 32.6 Å². The Morgan fingerprint density at radius 3 is 2.50 bits per heavy atom. The maximum absolute atomic E-state index is 12.9. The monoisotopic (exact) mass is 392 g/mol. The maximum atomic E-state index is 12.9. The van der Waals surface area contributed by atoms with Gasteiger partial charge in [0.05, 0.1) is 16.4 Å². The van der Waals surface area contributed by atoms with E-state index in [1.807, 2.05) is 13.8 Å². The highest BCUT2D eigenvalue weighted by atomic mass is 32.2. The van der Waals surface area contributed by atoms with E-state index in [1.165, 1.54) is 0 Å². The predicted octanol–water partition coefficient (Wildman–Crippen LogP) is 2.97. The van der Waals surface area contributed by atoms with E-state index in [9.17, 15) is 26.4 Å². The summed E-state index contributed by atoms with van der Waals surface area (Å²) in [5, 5.41) is 0. The number of benzene rings is 1. The summed E-state index contributed by atoms with van der Waals surface area (Å²) in [4.78, 5) is 13.8. The van der Waals surface area contributed by atoms with Crippen molar-refractivity contribution in [3.8, 4) is 0 Å². The normalized spacial score (nSPS) is 19.3. The van der Waals surface area contributed by atoms with Crippen molar-refractivity contribution in [1.82, 2.24) is 9.21 Å². The van der Waals surface area contributed by atoms with Gasteiger partial charge in [0.2, 0.25) is 15.9 Å². The van der Waals surface area contributed by atoms with Crippen LogP contribution in [0.1, 0.15) is 32.3 Å². The molecule has 146 valence electrons. The van der Waals surface area contributed by atoms with E-state index in [-0.39, 0.29) is 19.0 Å². The van der Waals surface area contributed by atoms with Gasteiger partial charge >= 0.3 is 6.18 Å². The molecule has 0 radical (unpaired) electrons. The van der Waals surface area contributed by atoms with Crippen LogP contribution in [0, 0.1) is 5.92 Å². The van der Waals surface area contributed by atoms with Crippen LogP contribution in [0.5, 0.6) is 0 Å². The van der Waals surface area contributed by atoms with Crippen LogP contribution in [0.4, 0.5) is 13.2 Å². The molecule has 1 aliphatic rings. The van der Waals surface area contributed by atoms with Gasteiger partial charge in [0.25, 0.3) is 0 Å². The zero-order chi connectivity index (χ0) is 19.5. The van der Waals surface area contributed by atoms with Crippen molar-refractivity contribution in [2.75, 3.05) is 26.2 Å². The fourth-order valence-corrected chi connectivity index (χ4v) is 4.71. The fraction of sp³-hybridized carbons (Fsp3) is 0.588. The van der Waals surface area contributed by atoms with E-state index in [1.54, 1.807) is 4.90 Å².